The van der Waals surface area contributed by atoms with Crippen LogP contribution < -0.4 is 24.8 Å². The molecule has 0 unspecified atom stereocenters. The van der Waals surface area contributed by atoms with E-state index < -0.39 is 10.0 Å². The molecule has 1 aliphatic rings. The van der Waals surface area contributed by atoms with Crippen molar-refractivity contribution in [2.75, 3.05) is 48.9 Å². The van der Waals surface area contributed by atoms with Crippen LogP contribution >= 0.6 is 0 Å². The minimum Gasteiger partial charge on any atom is -0.480 e. The maximum atomic E-state index is 11.5. The van der Waals surface area contributed by atoms with Crippen LogP contribution in [0.3, 0.4) is 0 Å². The number of nitrogens with two attached hydrogens (primary N) is 1. The first-order valence-corrected chi connectivity index (χ1v) is 13.6. The molecule has 3 aromatic heterocycles. The van der Waals surface area contributed by atoms with E-state index in [1.807, 2.05) is 68.6 Å². The van der Waals surface area contributed by atoms with Crippen molar-refractivity contribution >= 4 is 27.2 Å². The zero-order chi connectivity index (χ0) is 28.5. The summed E-state index contributed by atoms with van der Waals surface area (Å²) in [5.74, 6) is 2.24. The van der Waals surface area contributed by atoms with Gasteiger partial charge in [0.25, 0.3) is 0 Å². The summed E-state index contributed by atoms with van der Waals surface area (Å²) < 4.78 is 34.1. The van der Waals surface area contributed by atoms with Crippen molar-refractivity contribution in [1.82, 2.24) is 19.9 Å². The number of anilines is 3. The van der Waals surface area contributed by atoms with Gasteiger partial charge in [-0.3, -0.25) is 9.29 Å². The van der Waals surface area contributed by atoms with Gasteiger partial charge in [-0.15, -0.1) is 0 Å². The fourth-order valence-electron chi connectivity index (χ4n) is 3.13. The third-order valence-electron chi connectivity index (χ3n) is 5.04. The fourth-order valence-corrected chi connectivity index (χ4v) is 4.70. The Labute approximate surface area is 230 Å². The molecular weight excluding hydrogens is 518 g/mol. The monoisotopic (exact) mass is 553 g/mol. The lowest BCUT2D eigenvalue weighted by Gasteiger charge is -2.15. The van der Waals surface area contributed by atoms with Crippen molar-refractivity contribution in [1.29, 1.82) is 0 Å². The number of hydrogen-bond donors (Lipinski definition) is 2. The van der Waals surface area contributed by atoms with Gasteiger partial charge in [0.05, 0.1) is 37.5 Å². The largest absolute Gasteiger partial charge is 0.480 e. The maximum Gasteiger partial charge on any atom is 0.237 e. The van der Waals surface area contributed by atoms with Crippen LogP contribution in [0.25, 0.3) is 0 Å². The molecule has 39 heavy (non-hydrogen) atoms. The number of aromatic nitrogens is 4. The Morgan fingerprint density at radius 1 is 0.923 bits per heavy atom. The highest BCUT2D eigenvalue weighted by Crippen LogP contribution is 2.22. The van der Waals surface area contributed by atoms with Gasteiger partial charge in [0.1, 0.15) is 5.82 Å². The first-order valence-electron chi connectivity index (χ1n) is 12.0. The summed E-state index contributed by atoms with van der Waals surface area (Å²) >= 11 is 0. The molecule has 3 N–H and O–H groups in total. The highest BCUT2D eigenvalue weighted by molar-refractivity contribution is 7.93. The Balaban J connectivity index is 0.000000187. The number of nitrogens with one attached hydrogen (secondary N) is 1. The SMILES string of the molecule is CNc1ccccn1.COc1cnccn1.COc1nc(C)ccc1N.O=S1(=O)CCCN1c1ccccc1. The maximum absolute atomic E-state index is 11.5. The summed E-state index contributed by atoms with van der Waals surface area (Å²) in [4.78, 5) is 15.6. The molecule has 0 saturated carbocycles. The second-order valence-electron chi connectivity index (χ2n) is 7.84. The number of aryl methyl sites for hydroxylation is 1. The molecule has 1 aromatic carbocycles. The molecule has 4 heterocycles. The highest BCUT2D eigenvalue weighted by atomic mass is 32.2. The molecule has 0 amide bonds. The number of pyridine rings is 2. The summed E-state index contributed by atoms with van der Waals surface area (Å²) in [6, 6.07) is 18.6. The number of para-hydroxylation sites is 1. The van der Waals surface area contributed by atoms with Gasteiger partial charge >= 0.3 is 0 Å². The van der Waals surface area contributed by atoms with Crippen molar-refractivity contribution in [3.8, 4) is 11.8 Å². The molecule has 5 rings (SSSR count). The van der Waals surface area contributed by atoms with Crippen LogP contribution in [-0.2, 0) is 10.0 Å². The minimum atomic E-state index is -3.01. The molecule has 1 aliphatic heterocycles. The Kier molecular flexibility index (Phi) is 12.9. The lowest BCUT2D eigenvalue weighted by atomic mass is 10.3. The van der Waals surface area contributed by atoms with E-state index in [1.54, 1.807) is 45.1 Å². The number of rotatable bonds is 4. The minimum absolute atomic E-state index is 0.280. The van der Waals surface area contributed by atoms with E-state index in [0.29, 0.717) is 24.0 Å². The normalized spacial score (nSPS) is 12.8. The van der Waals surface area contributed by atoms with E-state index in [0.717, 1.165) is 23.6 Å². The lowest BCUT2D eigenvalue weighted by molar-refractivity contribution is 0.395. The van der Waals surface area contributed by atoms with Crippen LogP contribution in [0, 0.1) is 6.92 Å². The van der Waals surface area contributed by atoms with Crippen LogP contribution in [0.1, 0.15) is 12.1 Å². The van der Waals surface area contributed by atoms with Gasteiger partial charge in [0.15, 0.2) is 0 Å². The molecule has 0 bridgehead atoms. The van der Waals surface area contributed by atoms with E-state index >= 15 is 0 Å². The van der Waals surface area contributed by atoms with Crippen LogP contribution in [0.5, 0.6) is 11.8 Å². The Bertz CT molecular complexity index is 1290. The molecule has 1 fully saturated rings. The van der Waals surface area contributed by atoms with Crippen LogP contribution in [-0.4, -0.2) is 61.9 Å². The van der Waals surface area contributed by atoms with Crippen molar-refractivity contribution in [2.24, 2.45) is 0 Å². The quantitative estimate of drug-likeness (QED) is 0.382. The summed E-state index contributed by atoms with van der Waals surface area (Å²) in [6.45, 7) is 2.51. The standard InChI is InChI=1S/C9H11NO2S.C7H10N2O.C6H8N2.C5H6N2O/c11-13(12)8-4-7-10(13)9-5-2-1-3-6-9;1-5-3-4-6(8)7(9-5)10-2;1-7-6-4-2-3-5-8-6;1-8-5-4-6-2-3-7-5/h1-3,5-6H,4,7-8H2;3-4H,8H2,1-2H3;2-5H,1H3,(H,7,8);2-4H,1H3. The summed E-state index contributed by atoms with van der Waals surface area (Å²) in [5, 5.41) is 2.92. The summed E-state index contributed by atoms with van der Waals surface area (Å²) in [6.07, 6.45) is 7.23. The third-order valence-corrected chi connectivity index (χ3v) is 6.90. The lowest BCUT2D eigenvalue weighted by Crippen LogP contribution is -2.24. The van der Waals surface area contributed by atoms with Crippen molar-refractivity contribution in [2.45, 2.75) is 13.3 Å². The Hall–Kier alpha value is -4.45. The molecule has 12 heteroatoms. The molecule has 0 aliphatic carbocycles. The first kappa shape index (κ1) is 30.8. The first-order chi connectivity index (χ1) is 18.8. The van der Waals surface area contributed by atoms with E-state index in [9.17, 15) is 8.42 Å². The van der Waals surface area contributed by atoms with Crippen molar-refractivity contribution < 1.29 is 17.9 Å². The Morgan fingerprint density at radius 2 is 1.67 bits per heavy atom. The molecule has 0 atom stereocenters. The topological polar surface area (TPSA) is 145 Å². The molecule has 208 valence electrons. The van der Waals surface area contributed by atoms with Gasteiger partial charge in [-0.25, -0.2) is 23.4 Å². The van der Waals surface area contributed by atoms with E-state index in [2.05, 4.69) is 25.3 Å². The smallest absolute Gasteiger partial charge is 0.237 e. The molecule has 1 saturated heterocycles. The van der Waals surface area contributed by atoms with Gasteiger partial charge in [-0.2, -0.15) is 0 Å². The third kappa shape index (κ3) is 10.8. The van der Waals surface area contributed by atoms with Gasteiger partial charge in [-0.05, 0) is 49.7 Å². The highest BCUT2D eigenvalue weighted by Gasteiger charge is 2.27. The number of nitrogen functional groups attached to an aromatic ring is 1. The molecule has 4 aromatic rings. The van der Waals surface area contributed by atoms with Gasteiger partial charge in [-0.1, -0.05) is 24.3 Å². The summed E-state index contributed by atoms with van der Waals surface area (Å²) in [5.41, 5.74) is 7.78. The van der Waals surface area contributed by atoms with Crippen molar-refractivity contribution in [3.05, 3.63) is 91.1 Å². The van der Waals surface area contributed by atoms with Gasteiger partial charge in [0, 0.05) is 37.9 Å². The van der Waals surface area contributed by atoms with Crippen LogP contribution in [0.2, 0.25) is 0 Å². The van der Waals surface area contributed by atoms with Gasteiger partial charge < -0.3 is 20.5 Å². The number of methoxy groups -OCH3 is 2. The Morgan fingerprint density at radius 3 is 2.13 bits per heavy atom. The predicted octanol–water partition coefficient (Wildman–Crippen LogP) is 3.82. The van der Waals surface area contributed by atoms with Crippen LogP contribution in [0.4, 0.5) is 17.2 Å². The van der Waals surface area contributed by atoms with E-state index in [-0.39, 0.29) is 5.75 Å². The summed E-state index contributed by atoms with van der Waals surface area (Å²) in [7, 11) is 1.96. The number of nitrogens with zero attached hydrogens (tertiary/aromatic N) is 5. The molecule has 0 spiro atoms. The molecular formula is C27H35N7O4S. The second-order valence-corrected chi connectivity index (χ2v) is 9.85. The number of ether oxygens (including phenoxy) is 2. The fraction of sp³-hybridized carbons (Fsp3) is 0.259. The number of hydrogen-bond acceptors (Lipinski definition) is 10. The molecule has 0 radical (unpaired) electrons. The predicted molar refractivity (Wildman–Crippen MR) is 154 cm³/mol. The molecule has 11 nitrogen and oxygen atoms in total. The number of sulfonamides is 1. The van der Waals surface area contributed by atoms with Crippen molar-refractivity contribution in [3.63, 3.8) is 0 Å². The number of benzene rings is 1. The van der Waals surface area contributed by atoms with Crippen LogP contribution in [0.15, 0.2) is 85.5 Å². The zero-order valence-corrected chi connectivity index (χ0v) is 23.4. The van der Waals surface area contributed by atoms with Gasteiger partial charge in [0.2, 0.25) is 21.8 Å². The second kappa shape index (κ2) is 16.4. The van der Waals surface area contributed by atoms with E-state index in [4.69, 9.17) is 15.2 Å². The van der Waals surface area contributed by atoms with E-state index in [1.165, 1.54) is 4.31 Å². The average molecular weight is 554 g/mol. The average Bonchev–Trinajstić information content (AvgIpc) is 3.35. The zero-order valence-electron chi connectivity index (χ0n) is 22.6.